The van der Waals surface area contributed by atoms with Gasteiger partial charge in [0.05, 0.1) is 6.61 Å². The molecule has 0 heterocycles. The van der Waals surface area contributed by atoms with Crippen LogP contribution in [0.4, 0.5) is 4.39 Å². The lowest BCUT2D eigenvalue weighted by molar-refractivity contribution is -0.110. The maximum atomic E-state index is 12.2. The highest BCUT2D eigenvalue weighted by atomic mass is 19.1. The highest BCUT2D eigenvalue weighted by molar-refractivity contribution is 5.50. The lowest BCUT2D eigenvalue weighted by Gasteiger charge is -2.08. The maximum Gasteiger partial charge on any atom is 0.135 e. The van der Waals surface area contributed by atoms with Crippen molar-refractivity contribution in [3.05, 3.63) is 0 Å². The number of rotatable bonds is 4. The van der Waals surface area contributed by atoms with Crippen LogP contribution in [0.2, 0.25) is 0 Å². The molecule has 0 radical (unpaired) electrons. The van der Waals surface area contributed by atoms with Gasteiger partial charge in [-0.2, -0.15) is 0 Å². The van der Waals surface area contributed by atoms with E-state index in [1.165, 1.54) is 0 Å². The number of hydrogen-bond acceptors (Lipinski definition) is 3. The van der Waals surface area contributed by atoms with Gasteiger partial charge < -0.3 is 15.0 Å². The fourth-order valence-electron chi connectivity index (χ4n) is 0.363. The number of halogens is 1. The molecule has 0 saturated carbocycles. The van der Waals surface area contributed by atoms with Crippen molar-refractivity contribution in [1.82, 2.24) is 0 Å². The van der Waals surface area contributed by atoms with E-state index in [1.54, 1.807) is 0 Å². The SMILES string of the molecule is O=CC[C@H](F)[C@H](O)CO. The number of alkyl halides is 1. The molecule has 0 aliphatic heterocycles. The van der Waals surface area contributed by atoms with Gasteiger partial charge in [0.25, 0.3) is 0 Å². The van der Waals surface area contributed by atoms with Crippen LogP contribution in [-0.4, -0.2) is 35.4 Å². The quantitative estimate of drug-likeness (QED) is 0.501. The Hall–Kier alpha value is -0.480. The van der Waals surface area contributed by atoms with Crippen LogP contribution in [-0.2, 0) is 4.79 Å². The first kappa shape index (κ1) is 8.52. The molecule has 0 rings (SSSR count). The van der Waals surface area contributed by atoms with Gasteiger partial charge >= 0.3 is 0 Å². The minimum absolute atomic E-state index is 0.359. The molecule has 0 unspecified atom stereocenters. The van der Waals surface area contributed by atoms with E-state index in [-0.39, 0.29) is 6.42 Å². The van der Waals surface area contributed by atoms with E-state index in [2.05, 4.69) is 0 Å². The molecule has 0 aromatic heterocycles. The summed E-state index contributed by atoms with van der Waals surface area (Å²) in [6.07, 6.45) is -3.05. The summed E-state index contributed by atoms with van der Waals surface area (Å²) in [5.41, 5.74) is 0. The summed E-state index contributed by atoms with van der Waals surface area (Å²) in [6, 6.07) is 0. The fraction of sp³-hybridized carbons (Fsp3) is 0.800. The Morgan fingerprint density at radius 1 is 1.67 bits per heavy atom. The average Bonchev–Trinajstić information content (AvgIpc) is 1.87. The minimum Gasteiger partial charge on any atom is -0.394 e. The normalized spacial score (nSPS) is 16.8. The van der Waals surface area contributed by atoms with Gasteiger partial charge in [-0.3, -0.25) is 0 Å². The zero-order valence-corrected chi connectivity index (χ0v) is 4.83. The molecular weight excluding hydrogens is 127 g/mol. The Morgan fingerprint density at radius 3 is 2.56 bits per heavy atom. The van der Waals surface area contributed by atoms with Crippen LogP contribution in [0.15, 0.2) is 0 Å². The van der Waals surface area contributed by atoms with Crippen LogP contribution >= 0.6 is 0 Å². The van der Waals surface area contributed by atoms with Crippen LogP contribution in [0, 0.1) is 0 Å². The van der Waals surface area contributed by atoms with Crippen molar-refractivity contribution >= 4 is 6.29 Å². The second-order valence-corrected chi connectivity index (χ2v) is 1.67. The molecule has 0 aromatic rings. The number of aldehydes is 1. The Balaban J connectivity index is 3.44. The van der Waals surface area contributed by atoms with Crippen molar-refractivity contribution in [1.29, 1.82) is 0 Å². The molecule has 0 bridgehead atoms. The van der Waals surface area contributed by atoms with Crippen molar-refractivity contribution < 1.29 is 19.4 Å². The van der Waals surface area contributed by atoms with Gasteiger partial charge in [0.2, 0.25) is 0 Å². The van der Waals surface area contributed by atoms with Gasteiger partial charge in [0, 0.05) is 6.42 Å². The summed E-state index contributed by atoms with van der Waals surface area (Å²) < 4.78 is 12.2. The Morgan fingerprint density at radius 2 is 2.22 bits per heavy atom. The van der Waals surface area contributed by atoms with Crippen molar-refractivity contribution in [3.8, 4) is 0 Å². The summed E-state index contributed by atoms with van der Waals surface area (Å²) in [4.78, 5) is 9.60. The summed E-state index contributed by atoms with van der Waals surface area (Å²) >= 11 is 0. The van der Waals surface area contributed by atoms with Crippen LogP contribution in [0.3, 0.4) is 0 Å². The van der Waals surface area contributed by atoms with Crippen molar-refractivity contribution in [2.75, 3.05) is 6.61 Å². The molecule has 54 valence electrons. The minimum atomic E-state index is -1.63. The number of hydrogen-bond donors (Lipinski definition) is 2. The highest BCUT2D eigenvalue weighted by Crippen LogP contribution is 2.00. The van der Waals surface area contributed by atoms with Crippen LogP contribution in [0.25, 0.3) is 0 Å². The summed E-state index contributed by atoms with van der Waals surface area (Å²) in [5, 5.41) is 16.6. The lowest BCUT2D eigenvalue weighted by Crippen LogP contribution is -2.25. The van der Waals surface area contributed by atoms with Crippen LogP contribution in [0.5, 0.6) is 0 Å². The van der Waals surface area contributed by atoms with Gasteiger partial charge in [-0.15, -0.1) is 0 Å². The van der Waals surface area contributed by atoms with Gasteiger partial charge in [0.15, 0.2) is 0 Å². The van der Waals surface area contributed by atoms with Gasteiger partial charge in [0.1, 0.15) is 18.6 Å². The van der Waals surface area contributed by atoms with Crippen molar-refractivity contribution in [2.24, 2.45) is 0 Å². The Bertz CT molecular complexity index is 86.3. The standard InChI is InChI=1S/C5H9FO3/c6-4(1-2-7)5(9)3-8/h2,4-5,8-9H,1,3H2/t4-,5+/m0/s1. The molecule has 0 aromatic carbocycles. The van der Waals surface area contributed by atoms with Crippen molar-refractivity contribution in [3.63, 3.8) is 0 Å². The molecule has 0 saturated heterocycles. The van der Waals surface area contributed by atoms with E-state index in [9.17, 15) is 9.18 Å². The molecule has 9 heavy (non-hydrogen) atoms. The number of aliphatic hydroxyl groups excluding tert-OH is 2. The Kier molecular flexibility index (Phi) is 4.17. The van der Waals surface area contributed by atoms with E-state index < -0.39 is 18.9 Å². The first-order chi connectivity index (χ1) is 4.22. The van der Waals surface area contributed by atoms with E-state index in [0.717, 1.165) is 0 Å². The van der Waals surface area contributed by atoms with Gasteiger partial charge in [-0.05, 0) is 0 Å². The molecule has 3 nitrogen and oxygen atoms in total. The first-order valence-corrected chi connectivity index (χ1v) is 2.59. The predicted molar refractivity (Wildman–Crippen MR) is 28.7 cm³/mol. The summed E-state index contributed by atoms with van der Waals surface area (Å²) in [7, 11) is 0. The van der Waals surface area contributed by atoms with E-state index in [4.69, 9.17) is 10.2 Å². The Labute approximate surface area is 52.1 Å². The smallest absolute Gasteiger partial charge is 0.135 e. The third-order valence-corrected chi connectivity index (χ3v) is 0.926. The van der Waals surface area contributed by atoms with Gasteiger partial charge in [-0.1, -0.05) is 0 Å². The first-order valence-electron chi connectivity index (χ1n) is 2.59. The topological polar surface area (TPSA) is 57.5 Å². The van der Waals surface area contributed by atoms with Crippen LogP contribution < -0.4 is 0 Å². The third-order valence-electron chi connectivity index (χ3n) is 0.926. The zero-order valence-electron chi connectivity index (χ0n) is 4.83. The second-order valence-electron chi connectivity index (χ2n) is 1.67. The molecule has 0 fully saturated rings. The summed E-state index contributed by atoms with van der Waals surface area (Å²) in [5.74, 6) is 0. The molecule has 0 amide bonds. The summed E-state index contributed by atoms with van der Waals surface area (Å²) in [6.45, 7) is -0.644. The zero-order chi connectivity index (χ0) is 7.28. The van der Waals surface area contributed by atoms with Crippen molar-refractivity contribution in [2.45, 2.75) is 18.7 Å². The number of carbonyl (C=O) groups excluding carboxylic acids is 1. The van der Waals surface area contributed by atoms with E-state index in [1.807, 2.05) is 0 Å². The monoisotopic (exact) mass is 136 g/mol. The highest BCUT2D eigenvalue weighted by Gasteiger charge is 2.15. The van der Waals surface area contributed by atoms with E-state index >= 15 is 0 Å². The maximum absolute atomic E-state index is 12.2. The number of aliphatic hydroxyl groups is 2. The second kappa shape index (κ2) is 4.40. The molecule has 2 N–H and O–H groups in total. The number of carbonyl (C=O) groups is 1. The lowest BCUT2D eigenvalue weighted by atomic mass is 10.2. The average molecular weight is 136 g/mol. The van der Waals surface area contributed by atoms with Gasteiger partial charge in [-0.25, -0.2) is 4.39 Å². The third kappa shape index (κ3) is 3.16. The molecule has 0 aliphatic rings. The molecular formula is C5H9FO3. The fourth-order valence-corrected chi connectivity index (χ4v) is 0.363. The van der Waals surface area contributed by atoms with E-state index in [0.29, 0.717) is 6.29 Å². The molecule has 2 atom stereocenters. The van der Waals surface area contributed by atoms with Crippen LogP contribution in [0.1, 0.15) is 6.42 Å². The molecule has 0 aliphatic carbocycles. The molecule has 4 heteroatoms. The molecule has 0 spiro atoms. The predicted octanol–water partition coefficient (Wildman–Crippen LogP) is -0.733. The largest absolute Gasteiger partial charge is 0.394 e.